The molecule has 0 aromatic carbocycles. The van der Waals surface area contributed by atoms with Crippen LogP contribution in [-0.2, 0) is 14.7 Å². The highest BCUT2D eigenvalue weighted by molar-refractivity contribution is 7.91. The van der Waals surface area contributed by atoms with Crippen molar-refractivity contribution < 1.29 is 30.8 Å². The molecule has 0 saturated heterocycles. The fourth-order valence-electron chi connectivity index (χ4n) is 1.08. The number of rotatable bonds is 7. The molecule has 0 aliphatic heterocycles. The molecule has 0 bridgehead atoms. The summed E-state index contributed by atoms with van der Waals surface area (Å²) < 4.78 is 64.5. The van der Waals surface area contributed by atoms with Gasteiger partial charge in [0.05, 0.1) is 11.9 Å². The maximum Gasteiger partial charge on any atom is 0.315 e. The van der Waals surface area contributed by atoms with Gasteiger partial charge in [0.25, 0.3) is 0 Å². The molecule has 118 valence electrons. The lowest BCUT2D eigenvalue weighted by Gasteiger charge is -1.99. The first-order chi connectivity index (χ1) is 9.72. The number of oxime groups is 1. The molecule has 0 fully saturated rings. The fourth-order valence-corrected chi connectivity index (χ4v) is 2.14. The first kappa shape index (κ1) is 17.2. The third-order valence-corrected chi connectivity index (χ3v) is 3.48. The van der Waals surface area contributed by atoms with Crippen LogP contribution in [-0.4, -0.2) is 31.5 Å². The summed E-state index contributed by atoms with van der Waals surface area (Å²) in [4.78, 5) is 8.32. The monoisotopic (exact) mass is 326 g/mol. The van der Waals surface area contributed by atoms with E-state index < -0.39 is 39.1 Å². The van der Waals surface area contributed by atoms with Crippen LogP contribution in [0, 0.1) is 0 Å². The number of hydrogen-bond acceptors (Lipinski definition) is 6. The van der Waals surface area contributed by atoms with Crippen molar-refractivity contribution in [2.75, 3.05) is 5.75 Å². The van der Waals surface area contributed by atoms with Crippen LogP contribution in [0.25, 0.3) is 0 Å². The summed E-state index contributed by atoms with van der Waals surface area (Å²) in [6.45, 7) is 3.47. The van der Waals surface area contributed by atoms with Gasteiger partial charge in [0.1, 0.15) is 12.3 Å². The van der Waals surface area contributed by atoms with E-state index in [4.69, 9.17) is 9.25 Å². The highest BCUT2D eigenvalue weighted by atomic mass is 32.2. The minimum Gasteiger partial charge on any atom is -0.427 e. The molecular formula is C11H13F3N2O4S. The Morgan fingerprint density at radius 2 is 2.14 bits per heavy atom. The zero-order chi connectivity index (χ0) is 16.0. The predicted octanol–water partition coefficient (Wildman–Crippen LogP) is 2.67. The van der Waals surface area contributed by atoms with Crippen LogP contribution < -0.4 is 0 Å². The Labute approximate surface area is 119 Å². The summed E-state index contributed by atoms with van der Waals surface area (Å²) >= 11 is 0. The summed E-state index contributed by atoms with van der Waals surface area (Å²) in [6.07, 6.45) is -1.49. The van der Waals surface area contributed by atoms with Gasteiger partial charge in [-0.25, -0.2) is 17.8 Å². The van der Waals surface area contributed by atoms with E-state index in [1.807, 2.05) is 0 Å². The zero-order valence-corrected chi connectivity index (χ0v) is 12.0. The Morgan fingerprint density at radius 3 is 2.71 bits per heavy atom. The molecule has 10 heteroatoms. The third kappa shape index (κ3) is 5.58. The van der Waals surface area contributed by atoms with Crippen LogP contribution in [0.4, 0.5) is 13.2 Å². The molecule has 0 N–H and O–H groups in total. The second kappa shape index (κ2) is 7.25. The van der Waals surface area contributed by atoms with Gasteiger partial charge in [0, 0.05) is 6.42 Å². The SMILES string of the molecule is CC(C)ON=Cc1cnc(S(=O)(=O)CCC(F)=C(F)F)o1. The lowest BCUT2D eigenvalue weighted by Crippen LogP contribution is -2.07. The number of hydrogen-bond donors (Lipinski definition) is 0. The Kier molecular flexibility index (Phi) is 5.94. The van der Waals surface area contributed by atoms with Crippen LogP contribution in [0.1, 0.15) is 26.0 Å². The molecule has 1 heterocycles. The number of oxazole rings is 1. The normalized spacial score (nSPS) is 12.1. The number of sulfone groups is 1. The molecule has 1 aromatic heterocycles. The Bertz CT molecular complexity index is 634. The van der Waals surface area contributed by atoms with Crippen molar-refractivity contribution in [2.24, 2.45) is 5.16 Å². The molecule has 0 amide bonds. The van der Waals surface area contributed by atoms with Crippen LogP contribution in [0.3, 0.4) is 0 Å². The molecule has 1 aromatic rings. The van der Waals surface area contributed by atoms with Gasteiger partial charge in [-0.3, -0.25) is 0 Å². The first-order valence-electron chi connectivity index (χ1n) is 5.80. The van der Waals surface area contributed by atoms with Crippen LogP contribution in [0.15, 0.2) is 32.9 Å². The topological polar surface area (TPSA) is 81.8 Å². The largest absolute Gasteiger partial charge is 0.427 e. The van der Waals surface area contributed by atoms with Gasteiger partial charge in [0.15, 0.2) is 11.6 Å². The molecule has 0 saturated carbocycles. The second-order valence-electron chi connectivity index (χ2n) is 4.15. The summed E-state index contributed by atoms with van der Waals surface area (Å²) in [5, 5.41) is 2.82. The van der Waals surface area contributed by atoms with E-state index in [0.29, 0.717) is 0 Å². The Morgan fingerprint density at radius 1 is 1.48 bits per heavy atom. The molecule has 1 rings (SSSR count). The van der Waals surface area contributed by atoms with Gasteiger partial charge < -0.3 is 9.25 Å². The minimum absolute atomic E-state index is 0.00177. The quantitative estimate of drug-likeness (QED) is 0.568. The number of nitrogens with zero attached hydrogens (tertiary/aromatic N) is 2. The molecule has 0 spiro atoms. The maximum absolute atomic E-state index is 12.6. The third-order valence-electron chi connectivity index (χ3n) is 2.02. The van der Waals surface area contributed by atoms with Crippen molar-refractivity contribution in [3.63, 3.8) is 0 Å². The Hall–Kier alpha value is -1.84. The number of halogens is 3. The van der Waals surface area contributed by atoms with Crippen molar-refractivity contribution in [1.29, 1.82) is 0 Å². The van der Waals surface area contributed by atoms with Crippen LogP contribution in [0.5, 0.6) is 0 Å². The molecule has 0 aliphatic rings. The summed E-state index contributed by atoms with van der Waals surface area (Å²) in [6, 6.07) is 0. The summed E-state index contributed by atoms with van der Waals surface area (Å²) in [7, 11) is -4.10. The van der Waals surface area contributed by atoms with E-state index in [2.05, 4.69) is 10.1 Å². The standard InChI is InChI=1S/C11H13F3N2O4S/c1-7(2)20-16-6-8-5-15-11(19-8)21(17,18)4-3-9(12)10(13)14/h5-7H,3-4H2,1-2H3. The molecule has 21 heavy (non-hydrogen) atoms. The number of allylic oxidation sites excluding steroid dienone is 1. The predicted molar refractivity (Wildman–Crippen MR) is 67.3 cm³/mol. The van der Waals surface area contributed by atoms with Crippen LogP contribution in [0.2, 0.25) is 0 Å². The second-order valence-corrected chi connectivity index (χ2v) is 6.14. The summed E-state index contributed by atoms with van der Waals surface area (Å²) in [5.41, 5.74) is 0. The van der Waals surface area contributed by atoms with E-state index in [0.717, 1.165) is 12.4 Å². The lowest BCUT2D eigenvalue weighted by atomic mass is 10.4. The van der Waals surface area contributed by atoms with Gasteiger partial charge in [-0.1, -0.05) is 5.16 Å². The van der Waals surface area contributed by atoms with Crippen molar-refractivity contribution in [3.8, 4) is 0 Å². The zero-order valence-electron chi connectivity index (χ0n) is 11.2. The van der Waals surface area contributed by atoms with Crippen LogP contribution >= 0.6 is 0 Å². The van der Waals surface area contributed by atoms with Crippen molar-refractivity contribution in [3.05, 3.63) is 23.9 Å². The molecule has 0 aliphatic carbocycles. The van der Waals surface area contributed by atoms with E-state index in [1.54, 1.807) is 13.8 Å². The smallest absolute Gasteiger partial charge is 0.315 e. The Balaban J connectivity index is 2.75. The molecule has 0 radical (unpaired) electrons. The van der Waals surface area contributed by atoms with E-state index in [1.165, 1.54) is 0 Å². The van der Waals surface area contributed by atoms with E-state index in [-0.39, 0.29) is 11.9 Å². The first-order valence-corrected chi connectivity index (χ1v) is 7.45. The molecule has 6 nitrogen and oxygen atoms in total. The molecule has 0 atom stereocenters. The maximum atomic E-state index is 12.6. The average Bonchev–Trinajstić information content (AvgIpc) is 2.85. The fraction of sp³-hybridized carbons (Fsp3) is 0.455. The minimum atomic E-state index is -4.10. The average molecular weight is 326 g/mol. The van der Waals surface area contributed by atoms with Gasteiger partial charge >= 0.3 is 11.3 Å². The highest BCUT2D eigenvalue weighted by Crippen LogP contribution is 2.18. The number of aromatic nitrogens is 1. The van der Waals surface area contributed by atoms with Crippen molar-refractivity contribution in [1.82, 2.24) is 4.98 Å². The highest BCUT2D eigenvalue weighted by Gasteiger charge is 2.22. The van der Waals surface area contributed by atoms with Gasteiger partial charge in [-0.2, -0.15) is 8.78 Å². The van der Waals surface area contributed by atoms with Gasteiger partial charge in [0.2, 0.25) is 9.84 Å². The van der Waals surface area contributed by atoms with Gasteiger partial charge in [-0.15, -0.1) is 0 Å². The van der Waals surface area contributed by atoms with Gasteiger partial charge in [-0.05, 0) is 13.8 Å². The molecule has 0 unspecified atom stereocenters. The summed E-state index contributed by atoms with van der Waals surface area (Å²) in [5.74, 6) is -2.66. The van der Waals surface area contributed by atoms with E-state index >= 15 is 0 Å². The van der Waals surface area contributed by atoms with Crippen molar-refractivity contribution in [2.45, 2.75) is 31.6 Å². The molecular weight excluding hydrogens is 313 g/mol. The van der Waals surface area contributed by atoms with E-state index in [9.17, 15) is 21.6 Å². The van der Waals surface area contributed by atoms with Crippen molar-refractivity contribution >= 4 is 16.1 Å². The lowest BCUT2D eigenvalue weighted by molar-refractivity contribution is 0.0870.